The maximum atomic E-state index is 11.0. The first kappa shape index (κ1) is 10.5. The summed E-state index contributed by atoms with van der Waals surface area (Å²) in [5.74, 6) is 0. The van der Waals surface area contributed by atoms with Crippen molar-refractivity contribution in [1.29, 1.82) is 0 Å². The Hall–Kier alpha value is -0.440. The summed E-state index contributed by atoms with van der Waals surface area (Å²) in [6.45, 7) is -0.0116. The van der Waals surface area contributed by atoms with E-state index in [1.165, 1.54) is 7.11 Å². The number of halogens is 2. The molecular formula is C5H10F2O. The average Bonchev–Trinajstić information content (AvgIpc) is 1.61. The molecular weight excluding hydrogens is 114 g/mol. The minimum Gasteiger partial charge on any atom is -0.380 e. The molecule has 0 bridgehead atoms. The summed E-state index contributed by atoms with van der Waals surface area (Å²) in [6.07, 6.45) is -0.984. The van der Waals surface area contributed by atoms with Crippen LogP contribution in [0.2, 0.25) is 0 Å². The molecule has 0 saturated carbocycles. The van der Waals surface area contributed by atoms with Gasteiger partial charge in [0.25, 0.3) is 6.08 Å². The molecule has 0 aromatic carbocycles. The van der Waals surface area contributed by atoms with E-state index in [-0.39, 0.29) is 14.0 Å². The Morgan fingerprint density at radius 2 is 2.12 bits per heavy atom. The van der Waals surface area contributed by atoms with Crippen molar-refractivity contribution in [2.75, 3.05) is 13.7 Å². The van der Waals surface area contributed by atoms with Crippen LogP contribution in [0.5, 0.6) is 0 Å². The van der Waals surface area contributed by atoms with E-state index in [1.54, 1.807) is 0 Å². The van der Waals surface area contributed by atoms with Crippen LogP contribution in [0.25, 0.3) is 0 Å². The molecule has 0 saturated heterocycles. The minimum atomic E-state index is -1.69. The number of rotatable bonds is 2. The van der Waals surface area contributed by atoms with Gasteiger partial charge in [-0.25, -0.2) is 0 Å². The Labute approximate surface area is 48.0 Å². The van der Waals surface area contributed by atoms with Crippen molar-refractivity contribution in [2.24, 2.45) is 0 Å². The molecule has 0 aromatic heterocycles. The maximum Gasteiger partial charge on any atom is 0.268 e. The molecule has 8 heavy (non-hydrogen) atoms. The second-order valence-electron chi connectivity index (χ2n) is 0.949. The standard InChI is InChI=1S/C4H6F2O.CH4/c1-7-3-2-4(5)6;/h2H,3H2,1H3;1H4. The van der Waals surface area contributed by atoms with Crippen LogP contribution >= 0.6 is 0 Å². The van der Waals surface area contributed by atoms with Crippen molar-refractivity contribution >= 4 is 0 Å². The third kappa shape index (κ3) is 9.12. The van der Waals surface area contributed by atoms with Crippen LogP contribution in [0.3, 0.4) is 0 Å². The third-order valence-corrected chi connectivity index (χ3v) is 0.404. The van der Waals surface area contributed by atoms with Crippen molar-refractivity contribution in [3.8, 4) is 0 Å². The van der Waals surface area contributed by atoms with Crippen LogP contribution in [0.4, 0.5) is 8.78 Å². The zero-order valence-corrected chi connectivity index (χ0v) is 3.95. The largest absolute Gasteiger partial charge is 0.380 e. The molecule has 0 heterocycles. The second-order valence-corrected chi connectivity index (χ2v) is 0.949. The fourth-order valence-electron chi connectivity index (χ4n) is 0.146. The molecule has 0 N–H and O–H groups in total. The lowest BCUT2D eigenvalue weighted by Gasteiger charge is -1.82. The Kier molecular flexibility index (Phi) is 8.63. The minimum absolute atomic E-state index is 0. The zero-order chi connectivity index (χ0) is 5.70. The molecule has 0 radical (unpaired) electrons. The van der Waals surface area contributed by atoms with E-state index in [2.05, 4.69) is 4.74 Å². The van der Waals surface area contributed by atoms with E-state index in [0.29, 0.717) is 6.08 Å². The van der Waals surface area contributed by atoms with Crippen molar-refractivity contribution in [1.82, 2.24) is 0 Å². The second kappa shape index (κ2) is 6.56. The number of methoxy groups -OCH3 is 1. The van der Waals surface area contributed by atoms with E-state index < -0.39 is 6.08 Å². The van der Waals surface area contributed by atoms with E-state index in [0.717, 1.165) is 0 Å². The van der Waals surface area contributed by atoms with Crippen molar-refractivity contribution < 1.29 is 13.5 Å². The van der Waals surface area contributed by atoms with Crippen LogP contribution in [-0.2, 0) is 4.74 Å². The smallest absolute Gasteiger partial charge is 0.268 e. The van der Waals surface area contributed by atoms with Crippen LogP contribution < -0.4 is 0 Å². The first-order valence-corrected chi connectivity index (χ1v) is 1.77. The SMILES string of the molecule is C.COCC=C(F)F. The van der Waals surface area contributed by atoms with E-state index >= 15 is 0 Å². The van der Waals surface area contributed by atoms with Gasteiger partial charge in [0.2, 0.25) is 0 Å². The summed E-state index contributed by atoms with van der Waals surface area (Å²) in [6, 6.07) is 0. The first-order valence-electron chi connectivity index (χ1n) is 1.77. The highest BCUT2D eigenvalue weighted by Gasteiger charge is 1.82. The van der Waals surface area contributed by atoms with Gasteiger partial charge in [-0.1, -0.05) is 7.43 Å². The molecule has 3 heteroatoms. The summed E-state index contributed by atoms with van der Waals surface area (Å²) >= 11 is 0. The number of ether oxygens (including phenoxy) is 1. The van der Waals surface area contributed by atoms with Crippen molar-refractivity contribution in [3.63, 3.8) is 0 Å². The summed E-state index contributed by atoms with van der Waals surface area (Å²) in [4.78, 5) is 0. The lowest BCUT2D eigenvalue weighted by molar-refractivity contribution is 0.228. The fraction of sp³-hybridized carbons (Fsp3) is 0.600. The van der Waals surface area contributed by atoms with E-state index in [9.17, 15) is 8.78 Å². The first-order chi connectivity index (χ1) is 3.27. The molecule has 0 rings (SSSR count). The molecule has 0 aliphatic carbocycles. The van der Waals surface area contributed by atoms with Gasteiger partial charge in [0.15, 0.2) is 0 Å². The quantitative estimate of drug-likeness (QED) is 0.547. The van der Waals surface area contributed by atoms with Crippen molar-refractivity contribution in [2.45, 2.75) is 7.43 Å². The summed E-state index contributed by atoms with van der Waals surface area (Å²) in [5, 5.41) is 0. The molecule has 0 fully saturated rings. The summed E-state index contributed by atoms with van der Waals surface area (Å²) in [5.41, 5.74) is 0. The predicted molar refractivity (Wildman–Crippen MR) is 28.9 cm³/mol. The van der Waals surface area contributed by atoms with Gasteiger partial charge >= 0.3 is 0 Å². The molecule has 0 aromatic rings. The number of hydrogen-bond acceptors (Lipinski definition) is 1. The van der Waals surface area contributed by atoms with E-state index in [1.807, 2.05) is 0 Å². The monoisotopic (exact) mass is 124 g/mol. The summed E-state index contributed by atoms with van der Waals surface area (Å²) in [7, 11) is 1.36. The van der Waals surface area contributed by atoms with Gasteiger partial charge in [0, 0.05) is 13.2 Å². The average molecular weight is 124 g/mol. The Morgan fingerprint density at radius 3 is 2.25 bits per heavy atom. The van der Waals surface area contributed by atoms with Gasteiger partial charge in [-0.05, 0) is 0 Å². The Balaban J connectivity index is 0. The zero-order valence-electron chi connectivity index (χ0n) is 3.95. The van der Waals surface area contributed by atoms with Gasteiger partial charge in [0.05, 0.1) is 6.61 Å². The molecule has 0 aliphatic heterocycles. The molecule has 0 amide bonds. The molecule has 0 atom stereocenters. The van der Waals surface area contributed by atoms with E-state index in [4.69, 9.17) is 0 Å². The highest BCUT2D eigenvalue weighted by atomic mass is 19.3. The summed E-state index contributed by atoms with van der Waals surface area (Å²) < 4.78 is 26.3. The lowest BCUT2D eigenvalue weighted by atomic mass is 10.7. The lowest BCUT2D eigenvalue weighted by Crippen LogP contribution is -1.79. The van der Waals surface area contributed by atoms with Crippen LogP contribution in [-0.4, -0.2) is 13.7 Å². The molecule has 0 unspecified atom stereocenters. The van der Waals surface area contributed by atoms with Gasteiger partial charge in [-0.15, -0.1) is 0 Å². The van der Waals surface area contributed by atoms with Gasteiger partial charge in [-0.3, -0.25) is 0 Å². The Bertz CT molecular complexity index is 66.8. The van der Waals surface area contributed by atoms with Crippen LogP contribution in [0.15, 0.2) is 12.2 Å². The highest BCUT2D eigenvalue weighted by Crippen LogP contribution is 1.93. The molecule has 0 spiro atoms. The molecule has 0 aliphatic rings. The molecule has 50 valence electrons. The van der Waals surface area contributed by atoms with Crippen LogP contribution in [0, 0.1) is 0 Å². The van der Waals surface area contributed by atoms with Gasteiger partial charge in [0.1, 0.15) is 0 Å². The predicted octanol–water partition coefficient (Wildman–Crippen LogP) is 2.05. The number of hydrogen-bond donors (Lipinski definition) is 0. The van der Waals surface area contributed by atoms with Crippen molar-refractivity contribution in [3.05, 3.63) is 12.2 Å². The van der Waals surface area contributed by atoms with Gasteiger partial charge in [-0.2, -0.15) is 8.78 Å². The normalized spacial score (nSPS) is 7.38. The van der Waals surface area contributed by atoms with Gasteiger partial charge < -0.3 is 4.74 Å². The molecule has 1 nitrogen and oxygen atoms in total. The fourth-order valence-corrected chi connectivity index (χ4v) is 0.146. The highest BCUT2D eigenvalue weighted by molar-refractivity contribution is 4.79. The maximum absolute atomic E-state index is 11.0. The Morgan fingerprint density at radius 1 is 1.62 bits per heavy atom. The topological polar surface area (TPSA) is 9.23 Å². The van der Waals surface area contributed by atoms with Crippen LogP contribution in [0.1, 0.15) is 7.43 Å². The third-order valence-electron chi connectivity index (χ3n) is 0.404.